The Morgan fingerprint density at radius 1 is 1.13 bits per heavy atom. The highest BCUT2D eigenvalue weighted by atomic mass is 35.5. The van der Waals surface area contributed by atoms with Gasteiger partial charge in [0.15, 0.2) is 5.82 Å². The molecular weight excluding hydrogens is 602 g/mol. The number of anilines is 5. The summed E-state index contributed by atoms with van der Waals surface area (Å²) in [4.78, 5) is 26.1. The number of rotatable bonds is 9. The van der Waals surface area contributed by atoms with Gasteiger partial charge in [-0.05, 0) is 80.5 Å². The lowest BCUT2D eigenvalue weighted by atomic mass is 9.74. The van der Waals surface area contributed by atoms with E-state index in [0.717, 1.165) is 42.7 Å². The van der Waals surface area contributed by atoms with Crippen LogP contribution in [-0.2, 0) is 16.8 Å². The minimum absolute atomic E-state index is 0.149. The summed E-state index contributed by atoms with van der Waals surface area (Å²) in [5, 5.41) is 16.6. The van der Waals surface area contributed by atoms with E-state index in [2.05, 4.69) is 45.2 Å². The molecule has 4 aromatic rings. The molecule has 234 valence electrons. The number of hydrogen-bond donors (Lipinski definition) is 2. The summed E-state index contributed by atoms with van der Waals surface area (Å²) in [6.45, 7) is 6.60. The Balaban J connectivity index is 1.26. The first-order chi connectivity index (χ1) is 22.3. The Bertz CT molecular complexity index is 1820. The minimum atomic E-state index is -0.155. The highest BCUT2D eigenvalue weighted by molar-refractivity contribution is 6.32. The van der Waals surface area contributed by atoms with Crippen molar-refractivity contribution in [3.63, 3.8) is 0 Å². The molecule has 11 heteroatoms. The molecule has 2 aliphatic rings. The Morgan fingerprint density at radius 2 is 1.91 bits per heavy atom. The number of halogens is 1. The van der Waals surface area contributed by atoms with E-state index in [9.17, 15) is 10.1 Å². The van der Waals surface area contributed by atoms with Crippen molar-refractivity contribution in [2.45, 2.75) is 24.9 Å². The zero-order valence-electron chi connectivity index (χ0n) is 25.7. The quantitative estimate of drug-likeness (QED) is 0.197. The van der Waals surface area contributed by atoms with Crippen molar-refractivity contribution in [2.75, 3.05) is 49.3 Å². The Morgan fingerprint density at radius 3 is 2.61 bits per heavy atom. The number of hydrogen-bond acceptors (Lipinski definition) is 9. The third-order valence-electron chi connectivity index (χ3n) is 8.61. The van der Waals surface area contributed by atoms with Crippen molar-refractivity contribution in [3.05, 3.63) is 101 Å². The molecule has 2 N–H and O–H groups in total. The van der Waals surface area contributed by atoms with Gasteiger partial charge in [0.1, 0.15) is 29.7 Å². The molecular formula is C35H34ClN7O3. The fourth-order valence-electron chi connectivity index (χ4n) is 6.04. The second-order valence-electron chi connectivity index (χ2n) is 11.5. The third kappa shape index (κ3) is 6.20. The zero-order valence-corrected chi connectivity index (χ0v) is 26.5. The van der Waals surface area contributed by atoms with Crippen molar-refractivity contribution in [1.29, 1.82) is 5.26 Å². The van der Waals surface area contributed by atoms with Crippen LogP contribution >= 0.6 is 11.6 Å². The first-order valence-electron chi connectivity index (χ1n) is 14.9. The first kappa shape index (κ1) is 30.9. The van der Waals surface area contributed by atoms with Gasteiger partial charge < -0.3 is 29.9 Å². The van der Waals surface area contributed by atoms with E-state index >= 15 is 0 Å². The van der Waals surface area contributed by atoms with E-state index in [0.29, 0.717) is 46.9 Å². The average Bonchev–Trinajstić information content (AvgIpc) is 3.38. The van der Waals surface area contributed by atoms with Gasteiger partial charge in [0, 0.05) is 17.6 Å². The van der Waals surface area contributed by atoms with Crippen LogP contribution in [0.25, 0.3) is 0 Å². The number of carbonyl (C=O) groups excluding carboxylic acids is 1. The molecule has 1 fully saturated rings. The average molecular weight is 636 g/mol. The topological polar surface area (TPSA) is 116 Å². The normalized spacial score (nSPS) is 15.1. The SMILES string of the molecule is C=CC(=O)N1CC2(CCN(C)CC2)c2cc(OC)c(Nc3ncc(C#N)c(Nc4ccc(OCc5ccccc5)c(Cl)c4)n3)cc21. The molecule has 0 unspecified atom stereocenters. The molecule has 10 nitrogen and oxygen atoms in total. The lowest BCUT2D eigenvalue weighted by molar-refractivity contribution is -0.114. The minimum Gasteiger partial charge on any atom is -0.495 e. The van der Waals surface area contributed by atoms with Gasteiger partial charge in [0.05, 0.1) is 29.7 Å². The summed E-state index contributed by atoms with van der Waals surface area (Å²) < 4.78 is 11.7. The van der Waals surface area contributed by atoms with Crippen LogP contribution in [0.3, 0.4) is 0 Å². The number of methoxy groups -OCH3 is 1. The summed E-state index contributed by atoms with van der Waals surface area (Å²) in [6.07, 6.45) is 4.67. The Hall–Kier alpha value is -5.11. The fourth-order valence-corrected chi connectivity index (χ4v) is 6.28. The summed E-state index contributed by atoms with van der Waals surface area (Å²) in [6, 6.07) is 21.2. The molecule has 3 aromatic carbocycles. The van der Waals surface area contributed by atoms with Gasteiger partial charge in [0.2, 0.25) is 11.9 Å². The van der Waals surface area contributed by atoms with Crippen molar-refractivity contribution in [2.24, 2.45) is 0 Å². The summed E-state index contributed by atoms with van der Waals surface area (Å²) in [7, 11) is 3.73. The molecule has 0 aliphatic carbocycles. The summed E-state index contributed by atoms with van der Waals surface area (Å²) in [5.41, 5.74) is 4.24. The number of nitriles is 1. The van der Waals surface area contributed by atoms with Gasteiger partial charge in [0.25, 0.3) is 0 Å². The Kier molecular flexibility index (Phi) is 8.79. The maximum Gasteiger partial charge on any atom is 0.250 e. The van der Waals surface area contributed by atoms with Crippen molar-refractivity contribution >= 4 is 46.3 Å². The van der Waals surface area contributed by atoms with Crippen LogP contribution in [0.5, 0.6) is 11.5 Å². The van der Waals surface area contributed by atoms with Crippen LogP contribution in [0.1, 0.15) is 29.5 Å². The van der Waals surface area contributed by atoms with Crippen LogP contribution in [-0.4, -0.2) is 54.6 Å². The molecule has 1 saturated heterocycles. The monoisotopic (exact) mass is 635 g/mol. The number of ether oxygens (including phenoxy) is 2. The summed E-state index contributed by atoms with van der Waals surface area (Å²) >= 11 is 6.53. The zero-order chi connectivity index (χ0) is 32.3. The van der Waals surface area contributed by atoms with Gasteiger partial charge in [-0.25, -0.2) is 4.98 Å². The van der Waals surface area contributed by atoms with E-state index in [1.54, 1.807) is 30.2 Å². The van der Waals surface area contributed by atoms with Crippen LogP contribution in [0.2, 0.25) is 5.02 Å². The van der Waals surface area contributed by atoms with Gasteiger partial charge in [-0.15, -0.1) is 0 Å². The van der Waals surface area contributed by atoms with Crippen molar-refractivity contribution in [1.82, 2.24) is 14.9 Å². The third-order valence-corrected chi connectivity index (χ3v) is 8.91. The fraction of sp³-hybridized carbons (Fsp3) is 0.257. The number of piperidine rings is 1. The molecule has 6 rings (SSSR count). The molecule has 0 saturated carbocycles. The predicted octanol–water partition coefficient (Wildman–Crippen LogP) is 6.57. The predicted molar refractivity (Wildman–Crippen MR) is 179 cm³/mol. The highest BCUT2D eigenvalue weighted by Crippen LogP contribution is 2.50. The van der Waals surface area contributed by atoms with Crippen LogP contribution < -0.4 is 25.0 Å². The smallest absolute Gasteiger partial charge is 0.250 e. The maximum atomic E-state index is 13.0. The number of likely N-dealkylation sites (tertiary alicyclic amines) is 1. The largest absolute Gasteiger partial charge is 0.495 e. The van der Waals surface area contributed by atoms with Gasteiger partial charge in [-0.3, -0.25) is 4.79 Å². The van der Waals surface area contributed by atoms with E-state index < -0.39 is 0 Å². The molecule has 3 heterocycles. The molecule has 1 spiro atoms. The second-order valence-corrected chi connectivity index (χ2v) is 11.9. The van der Waals surface area contributed by atoms with E-state index in [-0.39, 0.29) is 22.8 Å². The lowest BCUT2D eigenvalue weighted by Gasteiger charge is -2.38. The standard InChI is InChI=1S/C35H34ClN7O3/c1-4-32(44)43-22-35(12-14-42(2)15-13-35)26-17-31(45-3)28(18-29(26)43)40-34-38-20-24(19-37)33(41-34)39-25-10-11-30(27(36)16-25)46-21-23-8-6-5-7-9-23/h4-11,16-18,20H,1,12-15,21-22H2,2-3H3,(H2,38,39,40,41). The van der Waals surface area contributed by atoms with Crippen LogP contribution in [0.4, 0.5) is 28.8 Å². The van der Waals surface area contributed by atoms with Gasteiger partial charge in [-0.1, -0.05) is 48.5 Å². The number of carbonyl (C=O) groups is 1. The number of nitrogens with zero attached hydrogens (tertiary/aromatic N) is 5. The number of aromatic nitrogens is 2. The lowest BCUT2D eigenvalue weighted by Crippen LogP contribution is -2.44. The molecule has 46 heavy (non-hydrogen) atoms. The van der Waals surface area contributed by atoms with Crippen LogP contribution in [0, 0.1) is 11.3 Å². The maximum absolute atomic E-state index is 13.0. The molecule has 1 amide bonds. The van der Waals surface area contributed by atoms with E-state index in [1.807, 2.05) is 42.5 Å². The van der Waals surface area contributed by atoms with Gasteiger partial charge >= 0.3 is 0 Å². The van der Waals surface area contributed by atoms with Crippen LogP contribution in [0.15, 0.2) is 79.5 Å². The van der Waals surface area contributed by atoms with E-state index in [1.165, 1.54) is 12.3 Å². The molecule has 0 bridgehead atoms. The number of nitrogens with one attached hydrogen (secondary N) is 2. The first-order valence-corrected chi connectivity index (χ1v) is 15.3. The van der Waals surface area contributed by atoms with Gasteiger partial charge in [-0.2, -0.15) is 10.2 Å². The van der Waals surface area contributed by atoms with E-state index in [4.69, 9.17) is 21.1 Å². The summed E-state index contributed by atoms with van der Waals surface area (Å²) in [5.74, 6) is 1.52. The van der Waals surface area contributed by atoms with Crippen molar-refractivity contribution < 1.29 is 14.3 Å². The number of fused-ring (bicyclic) bond motifs is 2. The molecule has 0 atom stereocenters. The molecule has 2 aliphatic heterocycles. The second kappa shape index (κ2) is 13.1. The Labute approximate surface area is 273 Å². The van der Waals surface area contributed by atoms with Crippen molar-refractivity contribution in [3.8, 4) is 17.6 Å². The molecule has 1 aromatic heterocycles. The highest BCUT2D eigenvalue weighted by Gasteiger charge is 2.46. The molecule has 0 radical (unpaired) electrons. The number of benzene rings is 3. The number of amides is 1.